The van der Waals surface area contributed by atoms with Crippen molar-refractivity contribution < 1.29 is 72.5 Å². The molecule has 0 spiro atoms. The summed E-state index contributed by atoms with van der Waals surface area (Å²) in [5.74, 6) is -6.22. The average molecular weight is 1310 g/mol. The SMILES string of the molecule is CC/C=C\C/C=C\C/C=C\C/C=C\C/C=C\CCC(=O)OC1C(=O)C2(C)C(OC(=O)CC/C=C\C/C=C\C/C=C\C/C=C\C/C=C\CC)CC3OCC3(O)C2C(OC(=O)c2ccccc2)C2(O)CC(OC(=O)C(O)C(NC(=O)OC(C)(C)C)c3ccccc3)C(C)=C1C2(C)C. The molecule has 4 N–H and O–H groups in total. The number of benzene rings is 2. The van der Waals surface area contributed by atoms with Gasteiger partial charge in [0.2, 0.25) is 0 Å². The Morgan fingerprint density at radius 2 is 1.08 bits per heavy atom. The van der Waals surface area contributed by atoms with Gasteiger partial charge in [-0.1, -0.05) is 198 Å². The topological polar surface area (TPSA) is 231 Å². The normalized spacial score (nSPS) is 26.0. The Morgan fingerprint density at radius 1 is 0.632 bits per heavy atom. The molecule has 0 radical (unpaired) electrons. The molecule has 16 heteroatoms. The monoisotopic (exact) mass is 1310 g/mol. The molecule has 4 aliphatic rings. The largest absolute Gasteiger partial charge is 0.461 e. The molecular formula is C79H103NO15. The predicted molar refractivity (Wildman–Crippen MR) is 369 cm³/mol. The second-order valence-electron chi connectivity index (χ2n) is 26.4. The first-order chi connectivity index (χ1) is 45.4. The summed E-state index contributed by atoms with van der Waals surface area (Å²) in [5, 5.41) is 42.1. The molecule has 0 aromatic heterocycles. The molecule has 2 aromatic rings. The summed E-state index contributed by atoms with van der Waals surface area (Å²) in [6.45, 7) is 15.0. The van der Waals surface area contributed by atoms with E-state index in [1.54, 1.807) is 90.1 Å². The zero-order valence-electron chi connectivity index (χ0n) is 57.2. The van der Waals surface area contributed by atoms with Gasteiger partial charge in [-0.3, -0.25) is 14.4 Å². The maximum absolute atomic E-state index is 16.6. The molecule has 11 atom stereocenters. The number of alkyl carbamates (subject to hydrolysis) is 1. The van der Waals surface area contributed by atoms with Crippen LogP contribution in [-0.4, -0.2) is 111 Å². The Morgan fingerprint density at radius 3 is 1.54 bits per heavy atom. The molecule has 514 valence electrons. The fraction of sp³-hybridized carbons (Fsp3) is 0.494. The van der Waals surface area contributed by atoms with E-state index in [0.717, 1.165) is 51.4 Å². The number of Topliss-reactive ketones (excluding diaryl/α,β-unsaturated/α-hetero) is 1. The number of rotatable bonds is 33. The Kier molecular flexibility index (Phi) is 29.7. The Labute approximate surface area is 563 Å². The molecule has 2 aromatic carbocycles. The number of amides is 1. The predicted octanol–water partition coefficient (Wildman–Crippen LogP) is 14.9. The summed E-state index contributed by atoms with van der Waals surface area (Å²) >= 11 is 0. The molecule has 95 heavy (non-hydrogen) atoms. The van der Waals surface area contributed by atoms with E-state index in [2.05, 4.69) is 104 Å². The van der Waals surface area contributed by atoms with E-state index in [1.807, 2.05) is 36.5 Å². The maximum atomic E-state index is 16.6. The van der Waals surface area contributed by atoms with Crippen LogP contribution in [0.1, 0.15) is 187 Å². The highest BCUT2D eigenvalue weighted by Gasteiger charge is 2.77. The molecular weight excluding hydrogens is 1200 g/mol. The summed E-state index contributed by atoms with van der Waals surface area (Å²) < 4.78 is 37.3. The lowest BCUT2D eigenvalue weighted by Gasteiger charge is -2.67. The van der Waals surface area contributed by atoms with E-state index in [0.29, 0.717) is 18.4 Å². The summed E-state index contributed by atoms with van der Waals surface area (Å²) in [4.78, 5) is 88.4. The quantitative estimate of drug-likeness (QED) is 0.0296. The average Bonchev–Trinajstić information content (AvgIpc) is 0.672. The van der Waals surface area contributed by atoms with E-state index < -0.39 is 125 Å². The van der Waals surface area contributed by atoms with Crippen molar-refractivity contribution in [3.05, 3.63) is 204 Å². The van der Waals surface area contributed by atoms with Crippen LogP contribution in [0.3, 0.4) is 0 Å². The number of carbonyl (C=O) groups is 6. The van der Waals surface area contributed by atoms with Gasteiger partial charge in [0.05, 0.1) is 29.7 Å². The summed E-state index contributed by atoms with van der Waals surface area (Å²) in [5.41, 5.74) is -8.85. The molecule has 2 bridgehead atoms. The standard InChI is InChI=1S/C79H103NO15/c1-10-12-14-16-18-20-22-24-26-28-30-32-34-36-38-46-52-63(81)92-61-54-62-78(88,56-90-62)69-71(94-72(85)59-50-44-41-45-51-59)79(89)55-60(91-73(86)67(83)66(58-48-42-40-43-49-58)80-74(87)95-75(4,5)6)57(3)65(76(79,7)8)68(70(84)77(61,69)9)93-64(82)53-47-39-37-35-33-31-29-27-25-23-21-19-17-15-13-11-2/h12-15,18-21,24-27,30-33,36-45,48-51,60-62,66-69,71,83,88-89H,10-11,16-17,22-23,28-29,34-35,46-47,52-56H2,1-9H3,(H,80,87)/b14-12-,15-13-,20-18-,21-19-,26-24-,27-25-,32-30-,33-31-,38-36-,39-37-. The van der Waals surface area contributed by atoms with Crippen LogP contribution in [0.25, 0.3) is 0 Å². The Balaban J connectivity index is 1.36. The lowest BCUT2D eigenvalue weighted by atomic mass is 9.44. The van der Waals surface area contributed by atoms with Crippen molar-refractivity contribution >= 4 is 35.8 Å². The number of aliphatic hydroxyl groups excluding tert-OH is 1. The van der Waals surface area contributed by atoms with Gasteiger partial charge in [0.15, 0.2) is 18.0 Å². The van der Waals surface area contributed by atoms with Crippen LogP contribution in [0, 0.1) is 16.7 Å². The maximum Gasteiger partial charge on any atom is 0.408 e. The number of carbonyl (C=O) groups excluding carboxylic acids is 6. The van der Waals surface area contributed by atoms with Crippen molar-refractivity contribution in [3.63, 3.8) is 0 Å². The summed E-state index contributed by atoms with van der Waals surface area (Å²) in [6, 6.07) is 14.7. The van der Waals surface area contributed by atoms with E-state index >= 15 is 4.79 Å². The van der Waals surface area contributed by atoms with Gasteiger partial charge in [-0.2, -0.15) is 0 Å². The van der Waals surface area contributed by atoms with E-state index in [-0.39, 0.29) is 48.8 Å². The highest BCUT2D eigenvalue weighted by Crippen LogP contribution is 2.64. The molecule has 11 unspecified atom stereocenters. The highest BCUT2D eigenvalue weighted by atomic mass is 16.6. The number of ketones is 1. The fourth-order valence-corrected chi connectivity index (χ4v) is 12.9. The lowest BCUT2D eigenvalue weighted by Crippen LogP contribution is -2.81. The minimum Gasteiger partial charge on any atom is -0.461 e. The number of nitrogens with one attached hydrogen (secondary N) is 1. The third-order valence-corrected chi connectivity index (χ3v) is 18.1. The zero-order chi connectivity index (χ0) is 69.1. The van der Waals surface area contributed by atoms with Crippen LogP contribution in [0.15, 0.2) is 193 Å². The van der Waals surface area contributed by atoms with Crippen molar-refractivity contribution in [2.24, 2.45) is 16.7 Å². The first-order valence-electron chi connectivity index (χ1n) is 33.8. The highest BCUT2D eigenvalue weighted by molar-refractivity contribution is 5.96. The second kappa shape index (κ2) is 36.9. The first-order valence-corrected chi connectivity index (χ1v) is 33.8. The van der Waals surface area contributed by atoms with Crippen LogP contribution in [0.4, 0.5) is 4.79 Å². The van der Waals surface area contributed by atoms with Gasteiger partial charge in [0.1, 0.15) is 35.1 Å². The van der Waals surface area contributed by atoms with Gasteiger partial charge in [-0.25, -0.2) is 14.4 Å². The molecule has 1 amide bonds. The third kappa shape index (κ3) is 20.9. The number of hydrogen-bond acceptors (Lipinski definition) is 15. The molecule has 2 saturated carbocycles. The van der Waals surface area contributed by atoms with E-state index in [9.17, 15) is 39.3 Å². The molecule has 1 heterocycles. The fourth-order valence-electron chi connectivity index (χ4n) is 12.9. The van der Waals surface area contributed by atoms with E-state index in [4.69, 9.17) is 28.4 Å². The van der Waals surface area contributed by atoms with Gasteiger partial charge in [-0.05, 0) is 141 Å². The number of ether oxygens (including phenoxy) is 6. The lowest BCUT2D eigenvalue weighted by molar-refractivity contribution is -0.344. The van der Waals surface area contributed by atoms with E-state index in [1.165, 1.54) is 19.1 Å². The third-order valence-electron chi connectivity index (χ3n) is 18.1. The molecule has 1 aliphatic heterocycles. The van der Waals surface area contributed by atoms with Crippen molar-refractivity contribution in [3.8, 4) is 0 Å². The van der Waals surface area contributed by atoms with Crippen molar-refractivity contribution in [1.29, 1.82) is 0 Å². The molecule has 6 rings (SSSR count). The number of fused-ring (bicyclic) bond motifs is 5. The molecule has 16 nitrogen and oxygen atoms in total. The zero-order valence-corrected chi connectivity index (χ0v) is 57.2. The second-order valence-corrected chi connectivity index (χ2v) is 26.4. The van der Waals surface area contributed by atoms with Gasteiger partial charge >= 0.3 is 30.0 Å². The van der Waals surface area contributed by atoms with Gasteiger partial charge in [-0.15, -0.1) is 0 Å². The van der Waals surface area contributed by atoms with Gasteiger partial charge in [0.25, 0.3) is 0 Å². The van der Waals surface area contributed by atoms with Gasteiger partial charge < -0.3 is 49.1 Å². The Hall–Kier alpha value is -7.76. The van der Waals surface area contributed by atoms with Crippen molar-refractivity contribution in [2.75, 3.05) is 6.61 Å². The van der Waals surface area contributed by atoms with Crippen LogP contribution in [0.2, 0.25) is 0 Å². The minimum atomic E-state index is -2.47. The van der Waals surface area contributed by atoms with Crippen molar-refractivity contribution in [2.45, 2.75) is 225 Å². The van der Waals surface area contributed by atoms with Crippen LogP contribution in [-0.2, 0) is 47.6 Å². The van der Waals surface area contributed by atoms with Crippen LogP contribution in [0.5, 0.6) is 0 Å². The van der Waals surface area contributed by atoms with Crippen molar-refractivity contribution in [1.82, 2.24) is 5.32 Å². The number of allylic oxidation sites excluding steroid dienone is 20. The number of esters is 4. The first kappa shape index (κ1) is 76.3. The molecule has 3 fully saturated rings. The Bertz CT molecular complexity index is 3210. The summed E-state index contributed by atoms with van der Waals surface area (Å²) in [6.07, 6.45) is 38.1. The number of hydrogen-bond donors (Lipinski definition) is 4. The van der Waals surface area contributed by atoms with Crippen LogP contribution < -0.4 is 5.32 Å². The molecule has 1 saturated heterocycles. The molecule has 3 aliphatic carbocycles. The summed E-state index contributed by atoms with van der Waals surface area (Å²) in [7, 11) is 0. The number of aliphatic hydroxyl groups is 3. The minimum absolute atomic E-state index is 0.0128. The smallest absolute Gasteiger partial charge is 0.408 e. The van der Waals surface area contributed by atoms with Crippen LogP contribution >= 0.6 is 0 Å². The van der Waals surface area contributed by atoms with Gasteiger partial charge in [0, 0.05) is 37.0 Å².